The minimum atomic E-state index is -1.09. The van der Waals surface area contributed by atoms with Crippen LogP contribution in [-0.2, 0) is 16.1 Å². The predicted molar refractivity (Wildman–Crippen MR) is 133 cm³/mol. The maximum atomic E-state index is 12.7. The summed E-state index contributed by atoms with van der Waals surface area (Å²) >= 11 is 6.36. The van der Waals surface area contributed by atoms with Crippen molar-refractivity contribution in [3.8, 4) is 0 Å². The Kier molecular flexibility index (Phi) is 5.28. The number of carboxylic acid groups (broad SMARTS) is 1. The van der Waals surface area contributed by atoms with Crippen LogP contribution in [0.25, 0.3) is 27.8 Å². The van der Waals surface area contributed by atoms with Crippen LogP contribution in [0.2, 0.25) is 0 Å². The number of thiocarbonyl (C=S) groups is 1. The third kappa shape index (κ3) is 3.70. The summed E-state index contributed by atoms with van der Waals surface area (Å²) in [6, 6.07) is 22.7. The van der Waals surface area contributed by atoms with Crippen LogP contribution >= 0.6 is 24.0 Å². The lowest BCUT2D eigenvalue weighted by molar-refractivity contribution is -0.140. The van der Waals surface area contributed by atoms with Gasteiger partial charge in [0.25, 0.3) is 5.91 Å². The molecule has 7 heteroatoms. The number of hydrogen-bond donors (Lipinski definition) is 1. The molecule has 1 N–H and O–H groups in total. The van der Waals surface area contributed by atoms with Gasteiger partial charge in [0, 0.05) is 29.2 Å². The van der Waals surface area contributed by atoms with E-state index >= 15 is 0 Å². The largest absolute Gasteiger partial charge is 0.480 e. The summed E-state index contributed by atoms with van der Waals surface area (Å²) in [5.74, 6) is -1.46. The zero-order valence-electron chi connectivity index (χ0n) is 16.9. The number of carbonyl (C=O) groups excluding carboxylic acids is 1. The molecule has 0 saturated carbocycles. The van der Waals surface area contributed by atoms with Gasteiger partial charge in [0.2, 0.25) is 0 Å². The van der Waals surface area contributed by atoms with E-state index in [2.05, 4.69) is 41.0 Å². The molecule has 158 valence electrons. The zero-order chi connectivity index (χ0) is 22.2. The predicted octanol–water partition coefficient (Wildman–Crippen LogP) is 5.13. The van der Waals surface area contributed by atoms with Gasteiger partial charge in [0.1, 0.15) is 10.9 Å². The Labute approximate surface area is 193 Å². The van der Waals surface area contributed by atoms with Crippen molar-refractivity contribution in [3.63, 3.8) is 0 Å². The average molecular weight is 459 g/mol. The van der Waals surface area contributed by atoms with Crippen LogP contribution in [0.4, 0.5) is 0 Å². The molecule has 5 nitrogen and oxygen atoms in total. The summed E-state index contributed by atoms with van der Waals surface area (Å²) in [6.07, 6.45) is 3.85. The molecule has 1 aromatic heterocycles. The van der Waals surface area contributed by atoms with E-state index in [9.17, 15) is 9.59 Å². The SMILES string of the molecule is O=C(O)CN1C(=O)/C(=C\c2cn(Cc3cccc4ccccc34)c3ccccc23)SC1=S. The Morgan fingerprint density at radius 1 is 1.00 bits per heavy atom. The molecule has 1 aliphatic rings. The molecule has 4 aromatic rings. The number of fused-ring (bicyclic) bond motifs is 2. The lowest BCUT2D eigenvalue weighted by Gasteiger charge is -2.10. The fourth-order valence-corrected chi connectivity index (χ4v) is 5.29. The number of aromatic nitrogens is 1. The number of carbonyl (C=O) groups is 2. The summed E-state index contributed by atoms with van der Waals surface area (Å²) in [5.41, 5.74) is 3.17. The van der Waals surface area contributed by atoms with E-state index in [-0.39, 0.29) is 10.2 Å². The van der Waals surface area contributed by atoms with E-state index < -0.39 is 12.5 Å². The number of hydrogen-bond acceptors (Lipinski definition) is 4. The molecule has 1 fully saturated rings. The monoisotopic (exact) mass is 458 g/mol. The maximum absolute atomic E-state index is 12.7. The standard InChI is InChI=1S/C25H18N2O3S2/c28-23(29)15-27-24(30)22(32-25(27)31)12-18-14-26(21-11-4-3-10-20(18)21)13-17-8-5-7-16-6-1-2-9-19(16)17/h1-12,14H,13,15H2,(H,28,29)/b22-12+. The molecule has 0 radical (unpaired) electrons. The highest BCUT2D eigenvalue weighted by molar-refractivity contribution is 8.26. The van der Waals surface area contributed by atoms with Crippen LogP contribution in [-0.4, -0.2) is 37.3 Å². The van der Waals surface area contributed by atoms with Gasteiger partial charge in [-0.25, -0.2) is 0 Å². The smallest absolute Gasteiger partial charge is 0.323 e. The molecule has 0 aliphatic carbocycles. The Hall–Kier alpha value is -3.42. The molecule has 2 heterocycles. The van der Waals surface area contributed by atoms with Crippen LogP contribution in [0, 0.1) is 0 Å². The molecular formula is C25H18N2O3S2. The van der Waals surface area contributed by atoms with Gasteiger partial charge in [0.15, 0.2) is 0 Å². The van der Waals surface area contributed by atoms with Crippen molar-refractivity contribution in [2.75, 3.05) is 6.54 Å². The molecular weight excluding hydrogens is 440 g/mol. The summed E-state index contributed by atoms with van der Waals surface area (Å²) in [6.45, 7) is 0.264. The molecule has 0 spiro atoms. The zero-order valence-corrected chi connectivity index (χ0v) is 18.5. The molecule has 5 rings (SSSR count). The second-order valence-electron chi connectivity index (χ2n) is 7.53. The van der Waals surface area contributed by atoms with Crippen LogP contribution in [0.1, 0.15) is 11.1 Å². The van der Waals surface area contributed by atoms with E-state index in [0.717, 1.165) is 33.1 Å². The maximum Gasteiger partial charge on any atom is 0.323 e. The van der Waals surface area contributed by atoms with Crippen LogP contribution in [0.3, 0.4) is 0 Å². The first-order valence-electron chi connectivity index (χ1n) is 10.0. The first kappa shape index (κ1) is 20.5. The molecule has 0 atom stereocenters. The number of aliphatic carboxylic acids is 1. The van der Waals surface area contributed by atoms with Crippen molar-refractivity contribution in [2.24, 2.45) is 0 Å². The summed E-state index contributed by atoms with van der Waals surface area (Å²) in [5, 5.41) is 12.5. The Bertz CT molecular complexity index is 1430. The first-order chi connectivity index (χ1) is 15.5. The van der Waals surface area contributed by atoms with E-state index in [1.54, 1.807) is 0 Å². The lowest BCUT2D eigenvalue weighted by Crippen LogP contribution is -2.33. The Morgan fingerprint density at radius 3 is 2.53 bits per heavy atom. The molecule has 1 saturated heterocycles. The summed E-state index contributed by atoms with van der Waals surface area (Å²) in [4.78, 5) is 25.3. The van der Waals surface area contributed by atoms with Gasteiger partial charge in [-0.3, -0.25) is 14.5 Å². The fourth-order valence-electron chi connectivity index (χ4n) is 4.05. The fraction of sp³-hybridized carbons (Fsp3) is 0.0800. The number of thioether (sulfide) groups is 1. The lowest BCUT2D eigenvalue weighted by atomic mass is 10.0. The normalized spacial score (nSPS) is 15.4. The van der Waals surface area contributed by atoms with Crippen LogP contribution in [0.15, 0.2) is 77.8 Å². The van der Waals surface area contributed by atoms with Gasteiger partial charge in [-0.2, -0.15) is 0 Å². The molecule has 0 bridgehead atoms. The van der Waals surface area contributed by atoms with Crippen molar-refractivity contribution < 1.29 is 14.7 Å². The topological polar surface area (TPSA) is 62.5 Å². The minimum Gasteiger partial charge on any atom is -0.480 e. The third-order valence-electron chi connectivity index (χ3n) is 5.49. The molecule has 1 amide bonds. The van der Waals surface area contributed by atoms with Gasteiger partial charge >= 0.3 is 5.97 Å². The number of carboxylic acids is 1. The van der Waals surface area contributed by atoms with Crippen molar-refractivity contribution >= 4 is 67.9 Å². The van der Waals surface area contributed by atoms with Gasteiger partial charge in [-0.15, -0.1) is 0 Å². The number of nitrogens with zero attached hydrogens (tertiary/aromatic N) is 2. The number of para-hydroxylation sites is 1. The Morgan fingerprint density at radius 2 is 1.72 bits per heavy atom. The van der Waals surface area contributed by atoms with Gasteiger partial charge in [0.05, 0.1) is 4.91 Å². The van der Waals surface area contributed by atoms with Crippen molar-refractivity contribution in [3.05, 3.63) is 89.0 Å². The van der Waals surface area contributed by atoms with Crippen molar-refractivity contribution in [1.82, 2.24) is 9.47 Å². The first-order valence-corrected chi connectivity index (χ1v) is 11.3. The van der Waals surface area contributed by atoms with E-state index in [1.807, 2.05) is 42.6 Å². The van der Waals surface area contributed by atoms with Crippen molar-refractivity contribution in [2.45, 2.75) is 6.54 Å². The molecule has 0 unspecified atom stereocenters. The van der Waals surface area contributed by atoms with E-state index in [0.29, 0.717) is 11.4 Å². The highest BCUT2D eigenvalue weighted by Crippen LogP contribution is 2.34. The Balaban J connectivity index is 1.55. The summed E-state index contributed by atoms with van der Waals surface area (Å²) in [7, 11) is 0. The number of amides is 1. The molecule has 1 aliphatic heterocycles. The highest BCUT2D eigenvalue weighted by atomic mass is 32.2. The van der Waals surface area contributed by atoms with E-state index in [1.165, 1.54) is 16.3 Å². The second-order valence-corrected chi connectivity index (χ2v) is 9.21. The average Bonchev–Trinajstić information content (AvgIpc) is 3.26. The molecule has 3 aromatic carbocycles. The quantitative estimate of drug-likeness (QED) is 0.332. The van der Waals surface area contributed by atoms with Crippen LogP contribution in [0.5, 0.6) is 0 Å². The van der Waals surface area contributed by atoms with Gasteiger partial charge in [-0.05, 0) is 28.5 Å². The van der Waals surface area contributed by atoms with Gasteiger partial charge < -0.3 is 9.67 Å². The number of benzene rings is 3. The van der Waals surface area contributed by atoms with Gasteiger partial charge in [-0.1, -0.05) is 84.6 Å². The van der Waals surface area contributed by atoms with Crippen LogP contribution < -0.4 is 0 Å². The highest BCUT2D eigenvalue weighted by Gasteiger charge is 2.33. The van der Waals surface area contributed by atoms with Crippen molar-refractivity contribution in [1.29, 1.82) is 0 Å². The number of rotatable bonds is 5. The second kappa shape index (κ2) is 8.26. The van der Waals surface area contributed by atoms with E-state index in [4.69, 9.17) is 17.3 Å². The molecule has 32 heavy (non-hydrogen) atoms. The minimum absolute atomic E-state index is 0.267. The third-order valence-corrected chi connectivity index (χ3v) is 6.87. The summed E-state index contributed by atoms with van der Waals surface area (Å²) < 4.78 is 2.45.